The van der Waals surface area contributed by atoms with Crippen molar-refractivity contribution in [1.82, 2.24) is 24.2 Å². The molecule has 0 saturated carbocycles. The number of carboxylic acid groups (broad SMARTS) is 1. The number of carbonyl (C=O) groups is 1. The van der Waals surface area contributed by atoms with Crippen LogP contribution in [-0.2, 0) is 30.7 Å². The molecule has 1 N–H and O–H groups in total. The Labute approximate surface area is 265 Å². The molecule has 2 unspecified atom stereocenters. The van der Waals surface area contributed by atoms with Gasteiger partial charge in [0, 0.05) is 37.2 Å². The first kappa shape index (κ1) is 29.8. The number of carboxylic acids is 1. The van der Waals surface area contributed by atoms with Gasteiger partial charge >= 0.3 is 5.97 Å². The minimum atomic E-state index is -1.29. The molecule has 0 bridgehead atoms. The number of ether oxygens (including phenoxy) is 3. The summed E-state index contributed by atoms with van der Waals surface area (Å²) in [5.74, 6) is -0.344. The quantitative estimate of drug-likeness (QED) is 0.255. The third-order valence-electron chi connectivity index (χ3n) is 9.17. The molecule has 3 aliphatic rings. The molecular weight excluding hydrogens is 601 g/mol. The van der Waals surface area contributed by atoms with E-state index in [2.05, 4.69) is 20.6 Å². The standard InChI is InChI=1S/C33H35ClFN5O5/c1-19-30(26-16-27(32(41)42)38(3)37-26)40(17-22-11-14-43-22)29(36-19)18-39-12-9-20(10-13-39)23-5-4-6-28-31(23)45-33(2,44-28)24-8-7-21(34)15-25(24)35/h4-8,15-16,20,22H,9-14,17-18H2,1-3H3,(H,41,42). The van der Waals surface area contributed by atoms with Gasteiger partial charge in [0.05, 0.1) is 36.1 Å². The van der Waals surface area contributed by atoms with Gasteiger partial charge in [0.25, 0.3) is 5.79 Å². The molecule has 2 atom stereocenters. The molecule has 2 aromatic carbocycles. The minimum absolute atomic E-state index is 0.0962. The summed E-state index contributed by atoms with van der Waals surface area (Å²) in [7, 11) is 1.64. The summed E-state index contributed by atoms with van der Waals surface area (Å²) < 4.78 is 36.7. The Morgan fingerprint density at radius 3 is 2.60 bits per heavy atom. The zero-order valence-electron chi connectivity index (χ0n) is 25.4. The minimum Gasteiger partial charge on any atom is -0.477 e. The van der Waals surface area contributed by atoms with Crippen LogP contribution in [0, 0.1) is 12.7 Å². The largest absolute Gasteiger partial charge is 0.477 e. The first-order valence-electron chi connectivity index (χ1n) is 15.2. The van der Waals surface area contributed by atoms with Crippen LogP contribution in [0.2, 0.25) is 5.02 Å². The van der Waals surface area contributed by atoms with E-state index >= 15 is 0 Å². The lowest BCUT2D eigenvalue weighted by Crippen LogP contribution is -2.35. The molecule has 0 amide bonds. The van der Waals surface area contributed by atoms with Crippen LogP contribution in [0.25, 0.3) is 11.4 Å². The summed E-state index contributed by atoms with van der Waals surface area (Å²) in [6, 6.07) is 12.0. The number of rotatable bonds is 8. The molecule has 0 radical (unpaired) electrons. The first-order chi connectivity index (χ1) is 21.6. The van der Waals surface area contributed by atoms with Gasteiger partial charge in [-0.05, 0) is 69.5 Å². The summed E-state index contributed by atoms with van der Waals surface area (Å²) in [5.41, 5.74) is 3.72. The van der Waals surface area contributed by atoms with E-state index in [0.29, 0.717) is 40.9 Å². The van der Waals surface area contributed by atoms with E-state index in [4.69, 9.17) is 30.8 Å². The number of likely N-dealkylation sites (tertiary alicyclic amines) is 1. The van der Waals surface area contributed by atoms with Crippen LogP contribution in [0.3, 0.4) is 0 Å². The molecule has 236 valence electrons. The van der Waals surface area contributed by atoms with Crippen molar-refractivity contribution in [2.24, 2.45) is 7.05 Å². The molecule has 5 heterocycles. The lowest BCUT2D eigenvalue weighted by atomic mass is 9.88. The highest BCUT2D eigenvalue weighted by atomic mass is 35.5. The van der Waals surface area contributed by atoms with Crippen molar-refractivity contribution in [3.8, 4) is 22.9 Å². The van der Waals surface area contributed by atoms with Crippen LogP contribution >= 0.6 is 11.6 Å². The van der Waals surface area contributed by atoms with Gasteiger partial charge in [0.15, 0.2) is 11.5 Å². The Balaban J connectivity index is 1.08. The Hall–Kier alpha value is -3.93. The SMILES string of the molecule is Cc1nc(CN2CCC(c3cccc4c3OC(C)(c3ccc(Cl)cc3F)O4)CC2)n(CC2CCO2)c1-c1cc(C(=O)O)n(C)n1. The van der Waals surface area contributed by atoms with Gasteiger partial charge < -0.3 is 23.9 Å². The molecule has 2 aromatic heterocycles. The second-order valence-corrected chi connectivity index (χ2v) is 12.6. The molecule has 45 heavy (non-hydrogen) atoms. The first-order valence-corrected chi connectivity index (χ1v) is 15.6. The highest BCUT2D eigenvalue weighted by molar-refractivity contribution is 6.30. The number of aryl methyl sites for hydroxylation is 2. The molecule has 10 nitrogen and oxygen atoms in total. The molecule has 3 aliphatic heterocycles. The van der Waals surface area contributed by atoms with Crippen molar-refractivity contribution in [3.63, 3.8) is 0 Å². The molecule has 4 aromatic rings. The summed E-state index contributed by atoms with van der Waals surface area (Å²) in [6.07, 6.45) is 2.89. The van der Waals surface area contributed by atoms with Crippen molar-refractivity contribution in [1.29, 1.82) is 0 Å². The normalized spacial score (nSPS) is 21.7. The number of nitrogens with zero attached hydrogens (tertiary/aromatic N) is 5. The molecule has 7 rings (SSSR count). The molecule has 2 fully saturated rings. The van der Waals surface area contributed by atoms with Gasteiger partial charge in [0.2, 0.25) is 0 Å². The number of imidazole rings is 1. The van der Waals surface area contributed by atoms with Crippen LogP contribution in [0.15, 0.2) is 42.5 Å². The van der Waals surface area contributed by atoms with Gasteiger partial charge in [-0.3, -0.25) is 9.58 Å². The van der Waals surface area contributed by atoms with Crippen LogP contribution in [-0.4, -0.2) is 61.1 Å². The van der Waals surface area contributed by atoms with Crippen molar-refractivity contribution in [2.45, 2.75) is 64.0 Å². The smallest absolute Gasteiger partial charge is 0.354 e. The van der Waals surface area contributed by atoms with E-state index in [0.717, 1.165) is 61.7 Å². The highest BCUT2D eigenvalue weighted by Gasteiger charge is 2.43. The maximum absolute atomic E-state index is 14.9. The van der Waals surface area contributed by atoms with Gasteiger partial charge in [0.1, 0.15) is 23.0 Å². The molecular formula is C33H35ClFN5O5. The van der Waals surface area contributed by atoms with Crippen molar-refractivity contribution >= 4 is 17.6 Å². The van der Waals surface area contributed by atoms with E-state index in [1.165, 1.54) is 10.7 Å². The summed E-state index contributed by atoms with van der Waals surface area (Å²) in [5, 5.41) is 14.4. The zero-order chi connectivity index (χ0) is 31.5. The lowest BCUT2D eigenvalue weighted by Gasteiger charge is -2.33. The number of aromatic nitrogens is 4. The second kappa shape index (κ2) is 11.5. The van der Waals surface area contributed by atoms with Crippen molar-refractivity contribution in [3.05, 3.63) is 81.6 Å². The van der Waals surface area contributed by atoms with Crippen LogP contribution in [0.5, 0.6) is 11.5 Å². The topological polar surface area (TPSA) is 104 Å². The predicted molar refractivity (Wildman–Crippen MR) is 164 cm³/mol. The Bertz CT molecular complexity index is 1780. The maximum Gasteiger partial charge on any atom is 0.354 e. The van der Waals surface area contributed by atoms with E-state index in [-0.39, 0.29) is 17.7 Å². The fourth-order valence-corrected chi connectivity index (χ4v) is 6.89. The Morgan fingerprint density at radius 1 is 1.16 bits per heavy atom. The number of hydrogen-bond donors (Lipinski definition) is 1. The number of para-hydroxylation sites is 1. The van der Waals surface area contributed by atoms with Crippen LogP contribution < -0.4 is 9.47 Å². The number of halogens is 2. The summed E-state index contributed by atoms with van der Waals surface area (Å²) >= 11 is 5.98. The second-order valence-electron chi connectivity index (χ2n) is 12.2. The van der Waals surface area contributed by atoms with Gasteiger partial charge in [-0.2, -0.15) is 5.10 Å². The molecule has 2 saturated heterocycles. The third-order valence-corrected chi connectivity index (χ3v) is 9.40. The highest BCUT2D eigenvalue weighted by Crippen LogP contribution is 2.50. The van der Waals surface area contributed by atoms with Gasteiger partial charge in [-0.25, -0.2) is 14.2 Å². The van der Waals surface area contributed by atoms with E-state index in [1.54, 1.807) is 32.2 Å². The molecule has 0 spiro atoms. The fraction of sp³-hybridized carbons (Fsp3) is 0.424. The van der Waals surface area contributed by atoms with Crippen LogP contribution in [0.1, 0.15) is 65.2 Å². The van der Waals surface area contributed by atoms with Gasteiger partial charge in [-0.1, -0.05) is 23.7 Å². The monoisotopic (exact) mass is 635 g/mol. The maximum atomic E-state index is 14.9. The fourth-order valence-electron chi connectivity index (χ4n) is 6.73. The number of hydrogen-bond acceptors (Lipinski definition) is 7. The van der Waals surface area contributed by atoms with Crippen molar-refractivity contribution < 1.29 is 28.5 Å². The van der Waals surface area contributed by atoms with Gasteiger partial charge in [-0.15, -0.1) is 0 Å². The number of benzene rings is 2. The molecule has 12 heteroatoms. The van der Waals surface area contributed by atoms with E-state index in [1.807, 2.05) is 19.1 Å². The van der Waals surface area contributed by atoms with E-state index in [9.17, 15) is 14.3 Å². The van der Waals surface area contributed by atoms with Crippen molar-refractivity contribution in [2.75, 3.05) is 19.7 Å². The van der Waals surface area contributed by atoms with E-state index < -0.39 is 17.6 Å². The average Bonchev–Trinajstić information content (AvgIpc) is 3.62. The zero-order valence-corrected chi connectivity index (χ0v) is 26.2. The summed E-state index contributed by atoms with van der Waals surface area (Å²) in [4.78, 5) is 19.1. The molecule has 0 aliphatic carbocycles. The predicted octanol–water partition coefficient (Wildman–Crippen LogP) is 5.90. The third kappa shape index (κ3) is 5.47. The Kier molecular flexibility index (Phi) is 7.58. The number of aromatic carboxylic acids is 1. The number of piperidine rings is 1. The Morgan fingerprint density at radius 2 is 1.93 bits per heavy atom. The number of fused-ring (bicyclic) bond motifs is 1. The van der Waals surface area contributed by atoms with Crippen LogP contribution in [0.4, 0.5) is 4.39 Å². The average molecular weight is 636 g/mol. The summed E-state index contributed by atoms with van der Waals surface area (Å²) in [6.45, 7) is 7.42. The lowest BCUT2D eigenvalue weighted by molar-refractivity contribution is -0.0712.